The first-order chi connectivity index (χ1) is 6.25. The lowest BCUT2D eigenvalue weighted by molar-refractivity contribution is -0.120. The van der Waals surface area contributed by atoms with Crippen molar-refractivity contribution in [2.24, 2.45) is 0 Å². The van der Waals surface area contributed by atoms with Crippen molar-refractivity contribution in [3.05, 3.63) is 35.4 Å². The number of carbonyl (C=O) groups excluding carboxylic acids is 1. The van der Waals surface area contributed by atoms with Crippen molar-refractivity contribution < 1.29 is 14.8 Å². The lowest BCUT2D eigenvalue weighted by Crippen LogP contribution is -2.26. The third-order valence-electron chi connectivity index (χ3n) is 1.88. The fourth-order valence-corrected chi connectivity index (χ4v) is 1.28. The third-order valence-corrected chi connectivity index (χ3v) is 1.88. The molecule has 0 fully saturated rings. The first kappa shape index (κ1) is 7.67. The number of hydrogen-bond acceptors (Lipinski definition) is 2. The highest BCUT2D eigenvalue weighted by Crippen LogP contribution is 2.25. The second-order valence-electron chi connectivity index (χ2n) is 2.58. The van der Waals surface area contributed by atoms with Gasteiger partial charge in [-0.2, -0.15) is 9.85 Å². The molecular formula is C8H5N3O2. The minimum absolute atomic E-state index is 0.141. The summed E-state index contributed by atoms with van der Waals surface area (Å²) in [5, 5.41) is 9.71. The van der Waals surface area contributed by atoms with Crippen molar-refractivity contribution in [1.82, 2.24) is 0 Å². The highest BCUT2D eigenvalue weighted by molar-refractivity contribution is 6.51. The van der Waals surface area contributed by atoms with Gasteiger partial charge >= 0.3 is 11.6 Å². The molecule has 1 aliphatic heterocycles. The average Bonchev–Trinajstić information content (AvgIpc) is 2.41. The smallest absolute Gasteiger partial charge is 0.361 e. The van der Waals surface area contributed by atoms with E-state index in [1.807, 2.05) is 0 Å². The molecule has 0 aromatic heterocycles. The Morgan fingerprint density at radius 2 is 2.08 bits per heavy atom. The van der Waals surface area contributed by atoms with Crippen molar-refractivity contribution in [2.75, 3.05) is 5.06 Å². The molecule has 1 amide bonds. The monoisotopic (exact) mass is 175 g/mol. The summed E-state index contributed by atoms with van der Waals surface area (Å²) < 4.78 is 0. The fourth-order valence-electron chi connectivity index (χ4n) is 1.28. The van der Waals surface area contributed by atoms with Crippen LogP contribution in [0.25, 0.3) is 5.53 Å². The lowest BCUT2D eigenvalue weighted by Gasteiger charge is -2.03. The molecule has 1 aromatic rings. The number of nitrogens with zero attached hydrogens (tertiary/aromatic N) is 3. The number of para-hydroxylation sites is 1. The normalized spacial score (nSPS) is 14.4. The van der Waals surface area contributed by atoms with Gasteiger partial charge < -0.3 is 5.53 Å². The molecule has 2 rings (SSSR count). The first-order valence-corrected chi connectivity index (χ1v) is 3.60. The van der Waals surface area contributed by atoms with Crippen LogP contribution in [0, 0.1) is 0 Å². The van der Waals surface area contributed by atoms with Crippen LogP contribution in [0.1, 0.15) is 5.56 Å². The van der Waals surface area contributed by atoms with Crippen LogP contribution in [0.15, 0.2) is 24.3 Å². The summed E-state index contributed by atoms with van der Waals surface area (Å²) in [6, 6.07) is 6.52. The van der Waals surface area contributed by atoms with Crippen LogP contribution in [0.2, 0.25) is 0 Å². The van der Waals surface area contributed by atoms with E-state index in [1.54, 1.807) is 24.3 Å². The Kier molecular flexibility index (Phi) is 1.48. The van der Waals surface area contributed by atoms with Crippen molar-refractivity contribution in [2.45, 2.75) is 0 Å². The van der Waals surface area contributed by atoms with Gasteiger partial charge in [0.1, 0.15) is 0 Å². The number of anilines is 1. The number of rotatable bonds is 0. The number of carbonyl (C=O) groups is 1. The molecule has 0 unspecified atom stereocenters. The van der Waals surface area contributed by atoms with E-state index in [1.165, 1.54) is 0 Å². The zero-order valence-electron chi connectivity index (χ0n) is 6.51. The fraction of sp³-hybridized carbons (Fsp3) is 0. The lowest BCUT2D eigenvalue weighted by atomic mass is 10.1. The summed E-state index contributed by atoms with van der Waals surface area (Å²) >= 11 is 0. The molecule has 0 bridgehead atoms. The Balaban J connectivity index is 2.74. The van der Waals surface area contributed by atoms with E-state index in [4.69, 9.17) is 5.53 Å². The molecular weight excluding hydrogens is 170 g/mol. The summed E-state index contributed by atoms with van der Waals surface area (Å²) in [6.45, 7) is 0. The predicted octanol–water partition coefficient (Wildman–Crippen LogP) is 0.441. The Bertz CT molecular complexity index is 435. The molecule has 0 radical (unpaired) electrons. The highest BCUT2D eigenvalue weighted by atomic mass is 16.5. The number of fused-ring (bicyclic) bond motifs is 1. The summed E-state index contributed by atoms with van der Waals surface area (Å²) in [5.74, 6) is -0.719. The molecule has 0 saturated heterocycles. The van der Waals surface area contributed by atoms with Crippen molar-refractivity contribution in [1.29, 1.82) is 0 Å². The molecule has 0 spiro atoms. The van der Waals surface area contributed by atoms with Gasteiger partial charge in [0.15, 0.2) is 0 Å². The zero-order valence-corrected chi connectivity index (χ0v) is 6.51. The second-order valence-corrected chi connectivity index (χ2v) is 2.58. The topological polar surface area (TPSA) is 76.9 Å². The molecule has 5 nitrogen and oxygen atoms in total. The number of hydrogen-bond donors (Lipinski definition) is 1. The van der Waals surface area contributed by atoms with Gasteiger partial charge in [-0.25, -0.2) is 0 Å². The summed E-state index contributed by atoms with van der Waals surface area (Å²) in [6.07, 6.45) is 0. The Morgan fingerprint density at radius 3 is 2.77 bits per heavy atom. The van der Waals surface area contributed by atoms with E-state index < -0.39 is 5.91 Å². The molecule has 0 saturated carbocycles. The van der Waals surface area contributed by atoms with E-state index >= 15 is 0 Å². The van der Waals surface area contributed by atoms with Crippen LogP contribution in [0.4, 0.5) is 5.69 Å². The molecule has 1 heterocycles. The molecule has 0 aliphatic carbocycles. The van der Waals surface area contributed by atoms with E-state index in [0.29, 0.717) is 16.3 Å². The van der Waals surface area contributed by atoms with E-state index in [2.05, 4.69) is 4.79 Å². The van der Waals surface area contributed by atoms with Crippen LogP contribution < -0.4 is 5.06 Å². The predicted molar refractivity (Wildman–Crippen MR) is 43.4 cm³/mol. The summed E-state index contributed by atoms with van der Waals surface area (Å²) in [7, 11) is 0. The van der Waals surface area contributed by atoms with Crippen LogP contribution >= 0.6 is 0 Å². The molecule has 0 atom stereocenters. The first-order valence-electron chi connectivity index (χ1n) is 3.60. The van der Waals surface area contributed by atoms with Crippen LogP contribution in [-0.4, -0.2) is 21.6 Å². The largest absolute Gasteiger partial charge is 0.391 e. The Morgan fingerprint density at radius 1 is 1.38 bits per heavy atom. The van der Waals surface area contributed by atoms with Crippen LogP contribution in [-0.2, 0) is 4.79 Å². The molecule has 1 aliphatic rings. The van der Waals surface area contributed by atoms with Gasteiger partial charge in [-0.3, -0.25) is 10.0 Å². The van der Waals surface area contributed by atoms with E-state index in [9.17, 15) is 10.0 Å². The van der Waals surface area contributed by atoms with Gasteiger partial charge in [0.2, 0.25) is 0 Å². The van der Waals surface area contributed by atoms with Gasteiger partial charge in [-0.1, -0.05) is 12.1 Å². The molecule has 64 valence electrons. The molecule has 1 N–H and O–H groups in total. The van der Waals surface area contributed by atoms with Crippen LogP contribution in [0.5, 0.6) is 0 Å². The van der Waals surface area contributed by atoms with Crippen molar-refractivity contribution in [3.63, 3.8) is 0 Å². The standard InChI is InChI=1S/C8H5N3O2/c9-10-7-5-3-1-2-4-6(5)11(13)8(7)12/h1-4,13H. The maximum atomic E-state index is 11.2. The van der Waals surface area contributed by atoms with E-state index in [-0.39, 0.29) is 5.71 Å². The van der Waals surface area contributed by atoms with E-state index in [0.717, 1.165) is 0 Å². The molecule has 13 heavy (non-hydrogen) atoms. The molecule has 1 aromatic carbocycles. The second kappa shape index (κ2) is 2.52. The van der Waals surface area contributed by atoms with Gasteiger partial charge in [0, 0.05) is 0 Å². The number of hydroxylamine groups is 1. The zero-order chi connectivity index (χ0) is 9.42. The molecule has 5 heteroatoms. The van der Waals surface area contributed by atoms with Crippen LogP contribution in [0.3, 0.4) is 0 Å². The average molecular weight is 175 g/mol. The maximum Gasteiger partial charge on any atom is 0.391 e. The SMILES string of the molecule is [N-]=[N+]=C1C(=O)N(O)c2ccccc21. The van der Waals surface area contributed by atoms with Crippen molar-refractivity contribution >= 4 is 17.3 Å². The minimum atomic E-state index is -0.719. The van der Waals surface area contributed by atoms with Gasteiger partial charge in [0.25, 0.3) is 0 Å². The maximum absolute atomic E-state index is 11.2. The summed E-state index contributed by atoms with van der Waals surface area (Å²) in [4.78, 5) is 14.0. The van der Waals surface area contributed by atoms with Gasteiger partial charge in [-0.15, -0.1) is 0 Å². The van der Waals surface area contributed by atoms with Gasteiger partial charge in [0.05, 0.1) is 11.3 Å². The highest BCUT2D eigenvalue weighted by Gasteiger charge is 2.39. The van der Waals surface area contributed by atoms with Crippen molar-refractivity contribution in [3.8, 4) is 0 Å². The minimum Gasteiger partial charge on any atom is -0.361 e. The third kappa shape index (κ3) is 0.885. The quantitative estimate of drug-likeness (QED) is 0.353. The Labute approximate surface area is 73.4 Å². The number of benzene rings is 1. The Hall–Kier alpha value is -1.97. The number of amides is 1. The summed E-state index contributed by atoms with van der Waals surface area (Å²) in [5.41, 5.74) is 9.15. The van der Waals surface area contributed by atoms with Gasteiger partial charge in [-0.05, 0) is 12.1 Å².